The summed E-state index contributed by atoms with van der Waals surface area (Å²) in [5.74, 6) is 0.596. The lowest BCUT2D eigenvalue weighted by molar-refractivity contribution is 0.0673. The Balaban J connectivity index is 1.67. The van der Waals surface area contributed by atoms with Crippen molar-refractivity contribution in [2.45, 2.75) is 38.7 Å². The van der Waals surface area contributed by atoms with Crippen molar-refractivity contribution in [2.75, 3.05) is 18.5 Å². The van der Waals surface area contributed by atoms with Gasteiger partial charge in [-0.3, -0.25) is 10.1 Å². The molecule has 0 bridgehead atoms. The number of nitrogens with one attached hydrogen (secondary N) is 1. The summed E-state index contributed by atoms with van der Waals surface area (Å²) >= 11 is 1.39. The summed E-state index contributed by atoms with van der Waals surface area (Å²) < 4.78 is 11.4. The van der Waals surface area contributed by atoms with E-state index < -0.39 is 0 Å². The number of carbonyl (C=O) groups is 1. The van der Waals surface area contributed by atoms with E-state index in [1.165, 1.54) is 11.3 Å². The number of aromatic nitrogens is 2. The minimum Gasteiger partial charge on any atom is -0.490 e. The molecule has 6 nitrogen and oxygen atoms in total. The van der Waals surface area contributed by atoms with Crippen LogP contribution in [0.3, 0.4) is 0 Å². The molecule has 2 aromatic rings. The topological polar surface area (TPSA) is 73.3 Å². The summed E-state index contributed by atoms with van der Waals surface area (Å²) in [6, 6.07) is 7.20. The zero-order chi connectivity index (χ0) is 16.9. The Kier molecular flexibility index (Phi) is 5.42. The van der Waals surface area contributed by atoms with Crippen LogP contribution in [0.25, 0.3) is 0 Å². The van der Waals surface area contributed by atoms with Crippen LogP contribution in [0.15, 0.2) is 24.3 Å². The van der Waals surface area contributed by atoms with Crippen molar-refractivity contribution >= 4 is 22.4 Å². The molecule has 2 heterocycles. The predicted octanol–water partition coefficient (Wildman–Crippen LogP) is 3.47. The maximum absolute atomic E-state index is 12.5. The van der Waals surface area contributed by atoms with E-state index in [9.17, 15) is 4.79 Å². The minimum atomic E-state index is -0.246. The zero-order valence-electron chi connectivity index (χ0n) is 13.8. The molecule has 24 heavy (non-hydrogen) atoms. The molecule has 0 spiro atoms. The molecular weight excluding hydrogens is 326 g/mol. The van der Waals surface area contributed by atoms with E-state index >= 15 is 0 Å². The standard InChI is InChI=1S/C17H21N3O3S/c1-11(2)16-19-20-17(24-16)18-15(21)13-7-3-4-8-14(13)23-10-12-6-5-9-22-12/h3-4,7-8,11-12H,5-6,9-10H2,1-2H3,(H,18,20,21). The smallest absolute Gasteiger partial charge is 0.261 e. The highest BCUT2D eigenvalue weighted by molar-refractivity contribution is 7.15. The summed E-state index contributed by atoms with van der Waals surface area (Å²) in [4.78, 5) is 12.5. The monoisotopic (exact) mass is 347 g/mol. The van der Waals surface area contributed by atoms with E-state index in [1.54, 1.807) is 12.1 Å². The van der Waals surface area contributed by atoms with Gasteiger partial charge in [0.15, 0.2) is 0 Å². The molecule has 1 fully saturated rings. The van der Waals surface area contributed by atoms with Crippen LogP contribution < -0.4 is 10.1 Å². The highest BCUT2D eigenvalue weighted by Gasteiger charge is 2.19. The van der Waals surface area contributed by atoms with Gasteiger partial charge in [0.25, 0.3) is 5.91 Å². The third-order valence-corrected chi connectivity index (χ3v) is 4.87. The van der Waals surface area contributed by atoms with Gasteiger partial charge in [0, 0.05) is 12.5 Å². The number of ether oxygens (including phenoxy) is 2. The van der Waals surface area contributed by atoms with Crippen LogP contribution in [0.1, 0.15) is 48.0 Å². The first-order valence-corrected chi connectivity index (χ1v) is 8.93. The van der Waals surface area contributed by atoms with E-state index in [0.29, 0.717) is 23.1 Å². The van der Waals surface area contributed by atoms with Gasteiger partial charge in [0.1, 0.15) is 17.4 Å². The van der Waals surface area contributed by atoms with Crippen LogP contribution in [-0.2, 0) is 4.74 Å². The fourth-order valence-corrected chi connectivity index (χ4v) is 3.16. The fraction of sp³-hybridized carbons (Fsp3) is 0.471. The van der Waals surface area contributed by atoms with Gasteiger partial charge in [-0.15, -0.1) is 10.2 Å². The normalized spacial score (nSPS) is 17.2. The molecule has 3 rings (SSSR count). The molecule has 1 aromatic carbocycles. The molecule has 0 saturated carbocycles. The average molecular weight is 347 g/mol. The van der Waals surface area contributed by atoms with E-state index in [0.717, 1.165) is 24.5 Å². The Morgan fingerprint density at radius 1 is 1.42 bits per heavy atom. The van der Waals surface area contributed by atoms with Crippen LogP contribution in [0.4, 0.5) is 5.13 Å². The Labute approximate surface area is 145 Å². The van der Waals surface area contributed by atoms with Gasteiger partial charge in [-0.25, -0.2) is 0 Å². The molecule has 1 N–H and O–H groups in total. The van der Waals surface area contributed by atoms with Crippen LogP contribution in [0, 0.1) is 0 Å². The molecular formula is C17H21N3O3S. The van der Waals surface area contributed by atoms with Crippen molar-refractivity contribution in [3.8, 4) is 5.75 Å². The van der Waals surface area contributed by atoms with E-state index in [2.05, 4.69) is 15.5 Å². The lowest BCUT2D eigenvalue weighted by Crippen LogP contribution is -2.19. The number of hydrogen-bond donors (Lipinski definition) is 1. The van der Waals surface area contributed by atoms with E-state index in [-0.39, 0.29) is 17.9 Å². The highest BCUT2D eigenvalue weighted by atomic mass is 32.1. The third kappa shape index (κ3) is 4.10. The molecule has 7 heteroatoms. The first-order chi connectivity index (χ1) is 11.6. The Bertz CT molecular complexity index is 696. The van der Waals surface area contributed by atoms with Gasteiger partial charge in [0.2, 0.25) is 5.13 Å². The van der Waals surface area contributed by atoms with Crippen molar-refractivity contribution in [1.82, 2.24) is 10.2 Å². The quantitative estimate of drug-likeness (QED) is 0.866. The average Bonchev–Trinajstić information content (AvgIpc) is 3.25. The van der Waals surface area contributed by atoms with Gasteiger partial charge < -0.3 is 9.47 Å². The number of anilines is 1. The zero-order valence-corrected chi connectivity index (χ0v) is 14.6. The summed E-state index contributed by atoms with van der Waals surface area (Å²) in [7, 11) is 0. The lowest BCUT2D eigenvalue weighted by atomic mass is 10.2. The number of amides is 1. The van der Waals surface area contributed by atoms with Crippen LogP contribution in [0.5, 0.6) is 5.75 Å². The number of para-hydroxylation sites is 1. The van der Waals surface area contributed by atoms with Crippen molar-refractivity contribution < 1.29 is 14.3 Å². The van der Waals surface area contributed by atoms with Crippen molar-refractivity contribution in [1.29, 1.82) is 0 Å². The van der Waals surface area contributed by atoms with Gasteiger partial charge >= 0.3 is 0 Å². The number of nitrogens with zero attached hydrogens (tertiary/aromatic N) is 2. The maximum Gasteiger partial charge on any atom is 0.261 e. The number of carbonyl (C=O) groups excluding carboxylic acids is 1. The maximum atomic E-state index is 12.5. The predicted molar refractivity (Wildman–Crippen MR) is 92.9 cm³/mol. The molecule has 1 aliphatic heterocycles. The van der Waals surface area contributed by atoms with Crippen molar-refractivity contribution in [3.05, 3.63) is 34.8 Å². The summed E-state index contributed by atoms with van der Waals surface area (Å²) in [5, 5.41) is 12.3. The second-order valence-electron chi connectivity index (χ2n) is 6.00. The molecule has 1 aromatic heterocycles. The summed E-state index contributed by atoms with van der Waals surface area (Å²) in [5.41, 5.74) is 0.483. The third-order valence-electron chi connectivity index (χ3n) is 3.74. The fourth-order valence-electron chi connectivity index (χ4n) is 2.42. The first kappa shape index (κ1) is 16.9. The molecule has 1 aliphatic rings. The van der Waals surface area contributed by atoms with Gasteiger partial charge in [-0.05, 0) is 25.0 Å². The van der Waals surface area contributed by atoms with E-state index in [4.69, 9.17) is 9.47 Å². The number of benzene rings is 1. The SMILES string of the molecule is CC(C)c1nnc(NC(=O)c2ccccc2OCC2CCCO2)s1. The second-order valence-corrected chi connectivity index (χ2v) is 7.01. The van der Waals surface area contributed by atoms with Gasteiger partial charge in [-0.2, -0.15) is 0 Å². The molecule has 0 aliphatic carbocycles. The lowest BCUT2D eigenvalue weighted by Gasteiger charge is -2.14. The number of rotatable bonds is 6. The van der Waals surface area contributed by atoms with Gasteiger partial charge in [0.05, 0.1) is 11.7 Å². The highest BCUT2D eigenvalue weighted by Crippen LogP contribution is 2.25. The summed E-state index contributed by atoms with van der Waals surface area (Å²) in [6.45, 7) is 5.33. The Morgan fingerprint density at radius 3 is 2.96 bits per heavy atom. The molecule has 128 valence electrons. The van der Waals surface area contributed by atoms with Crippen LogP contribution in [-0.4, -0.2) is 35.4 Å². The molecule has 1 atom stereocenters. The molecule has 1 unspecified atom stereocenters. The summed E-state index contributed by atoms with van der Waals surface area (Å²) in [6.07, 6.45) is 2.17. The second kappa shape index (κ2) is 7.72. The first-order valence-electron chi connectivity index (χ1n) is 8.11. The Hall–Kier alpha value is -1.99. The van der Waals surface area contributed by atoms with Crippen LogP contribution in [0.2, 0.25) is 0 Å². The van der Waals surface area contributed by atoms with Crippen molar-refractivity contribution in [3.63, 3.8) is 0 Å². The molecule has 1 amide bonds. The Morgan fingerprint density at radius 2 is 2.25 bits per heavy atom. The van der Waals surface area contributed by atoms with E-state index in [1.807, 2.05) is 26.0 Å². The number of hydrogen-bond acceptors (Lipinski definition) is 6. The van der Waals surface area contributed by atoms with Crippen molar-refractivity contribution in [2.24, 2.45) is 0 Å². The minimum absolute atomic E-state index is 0.109. The molecule has 0 radical (unpaired) electrons. The van der Waals surface area contributed by atoms with Crippen LogP contribution >= 0.6 is 11.3 Å². The molecule has 1 saturated heterocycles. The van der Waals surface area contributed by atoms with Gasteiger partial charge in [-0.1, -0.05) is 37.3 Å². The largest absolute Gasteiger partial charge is 0.490 e.